The van der Waals surface area contributed by atoms with E-state index in [0.29, 0.717) is 60.6 Å². The molecule has 4 heterocycles. The van der Waals surface area contributed by atoms with Crippen molar-refractivity contribution >= 4 is 93.4 Å². The number of anilines is 6. The Kier molecular flexibility index (Phi) is 20.3. The molecule has 2 aromatic heterocycles. The van der Waals surface area contributed by atoms with Gasteiger partial charge < -0.3 is 73.4 Å². The van der Waals surface area contributed by atoms with Crippen LogP contribution in [0.3, 0.4) is 0 Å². The van der Waals surface area contributed by atoms with Gasteiger partial charge in [-0.15, -0.1) is 0 Å². The number of carboxylic acid groups (broad SMARTS) is 4. The van der Waals surface area contributed by atoms with E-state index in [1.165, 1.54) is 24.3 Å². The van der Waals surface area contributed by atoms with Gasteiger partial charge in [0, 0.05) is 34.4 Å². The number of H-pyrrole nitrogens is 2. The van der Waals surface area contributed by atoms with Crippen molar-refractivity contribution in [1.82, 2.24) is 30.6 Å². The van der Waals surface area contributed by atoms with Gasteiger partial charge in [0.05, 0.1) is 37.6 Å². The third-order valence-corrected chi connectivity index (χ3v) is 9.05. The number of nitrogens with one attached hydrogen (secondary N) is 8. The number of aromatic amines is 2. The Morgan fingerprint density at radius 2 is 0.970 bits per heavy atom. The number of carbonyl (C=O) groups is 6. The molecule has 2 atom stereocenters. The molecule has 0 aliphatic carbocycles. The number of aliphatic imine (C=N–C) groups is 2. The third kappa shape index (κ3) is 15.7. The molecule has 0 radical (unpaired) electrons. The number of hydrogen-bond acceptors (Lipinski definition) is 20. The van der Waals surface area contributed by atoms with Gasteiger partial charge in [-0.25, -0.2) is 19.6 Å². The van der Waals surface area contributed by atoms with Gasteiger partial charge in [0.25, 0.3) is 22.9 Å². The Morgan fingerprint density at radius 3 is 1.29 bits per heavy atom. The number of fused-ring (bicyclic) bond motifs is 2. The summed E-state index contributed by atoms with van der Waals surface area (Å²) in [6.07, 6.45) is -1.54. The van der Waals surface area contributed by atoms with Gasteiger partial charge >= 0.3 is 71.1 Å². The van der Waals surface area contributed by atoms with E-state index in [9.17, 15) is 48.6 Å². The molecule has 26 nitrogen and oxygen atoms in total. The van der Waals surface area contributed by atoms with Gasteiger partial charge in [0.1, 0.15) is 12.1 Å². The summed E-state index contributed by atoms with van der Waals surface area (Å²) in [4.78, 5) is 113. The standard InChI is InChI=1S/2C19H21N7O6.2Na/c2*20-19-25-15-14(17(30)26-19)23-11(8-22-15)7-21-10-3-1-9(2-4-10)16(29)24-12(18(31)32)5-6-13(27)28;;/h2*1-4,12,21H,5-8H2,(H,24,29)(H,27,28)(H,31,32)(H4,20,22,25,26,30);;/q;;2*+1/p-2/t2*12-;;/m00../s1. The molecule has 0 spiro atoms. The van der Waals surface area contributed by atoms with Gasteiger partial charge in [0.2, 0.25) is 11.9 Å². The Bertz CT molecular complexity index is 2440. The number of nitrogens with zero attached hydrogens (tertiary/aromatic N) is 4. The largest absolute Gasteiger partial charge is 1.00 e. The summed E-state index contributed by atoms with van der Waals surface area (Å²) in [6.45, 7) is 1.34. The van der Waals surface area contributed by atoms with Crippen LogP contribution in [0.5, 0.6) is 0 Å². The van der Waals surface area contributed by atoms with Crippen molar-refractivity contribution in [2.45, 2.75) is 37.8 Å². The number of carbonyl (C=O) groups excluding carboxylic acids is 4. The van der Waals surface area contributed by atoms with Gasteiger partial charge in [-0.05, 0) is 74.2 Å². The number of aliphatic carboxylic acids is 4. The van der Waals surface area contributed by atoms with E-state index in [1.54, 1.807) is 24.3 Å². The van der Waals surface area contributed by atoms with Crippen LogP contribution in [0.4, 0.5) is 46.3 Å². The number of amides is 2. The second-order valence-electron chi connectivity index (χ2n) is 13.8. The summed E-state index contributed by atoms with van der Waals surface area (Å²) in [5.41, 5.74) is 13.4. The van der Waals surface area contributed by atoms with E-state index in [4.69, 9.17) is 21.7 Å². The van der Waals surface area contributed by atoms with Gasteiger partial charge in [0.15, 0.2) is 23.0 Å². The molecule has 0 fully saturated rings. The molecule has 2 aromatic carbocycles. The van der Waals surface area contributed by atoms with E-state index in [2.05, 4.69) is 61.8 Å². The van der Waals surface area contributed by atoms with Crippen LogP contribution >= 0.6 is 0 Å². The summed E-state index contributed by atoms with van der Waals surface area (Å²) in [7, 11) is 0. The predicted octanol–water partition coefficient (Wildman–Crippen LogP) is -8.64. The molecular weight excluding hydrogens is 890 g/mol. The van der Waals surface area contributed by atoms with Crippen molar-refractivity contribution < 1.29 is 108 Å². The monoisotopic (exact) mass is 930 g/mol. The van der Waals surface area contributed by atoms with Gasteiger partial charge in [-0.2, -0.15) is 9.97 Å². The summed E-state index contributed by atoms with van der Waals surface area (Å²) in [5, 5.41) is 56.0. The Hall–Kier alpha value is -6.84. The van der Waals surface area contributed by atoms with Crippen molar-refractivity contribution in [2.75, 3.05) is 58.9 Å². The average Bonchev–Trinajstić information content (AvgIpc) is 3.25. The minimum absolute atomic E-state index is 0. The van der Waals surface area contributed by atoms with E-state index in [1.807, 2.05) is 0 Å². The summed E-state index contributed by atoms with van der Waals surface area (Å²) in [5.74, 6) is -6.15. The Labute approximate surface area is 416 Å². The van der Waals surface area contributed by atoms with Crippen LogP contribution in [0.25, 0.3) is 0 Å². The maximum absolute atomic E-state index is 12.3. The quantitative estimate of drug-likeness (QED) is 0.0412. The number of carboxylic acids is 4. The van der Waals surface area contributed by atoms with Crippen molar-refractivity contribution in [1.29, 1.82) is 0 Å². The normalized spacial score (nSPS) is 12.8. The van der Waals surface area contributed by atoms with Crippen LogP contribution in [0.1, 0.15) is 46.4 Å². The van der Waals surface area contributed by atoms with E-state index in [0.717, 1.165) is 0 Å². The molecular formula is C38H40N14Na2O12. The van der Waals surface area contributed by atoms with Crippen molar-refractivity contribution in [3.8, 4) is 0 Å². The first-order chi connectivity index (χ1) is 30.4. The maximum Gasteiger partial charge on any atom is 1.00 e. The zero-order valence-corrected chi connectivity index (χ0v) is 39.4. The van der Waals surface area contributed by atoms with Gasteiger partial charge in [-0.3, -0.25) is 29.1 Å². The topological polar surface area (TPSA) is 429 Å². The molecule has 2 aliphatic heterocycles. The molecule has 2 aliphatic rings. The van der Waals surface area contributed by atoms with Crippen molar-refractivity contribution in [2.24, 2.45) is 9.98 Å². The first kappa shape index (κ1) is 53.5. The van der Waals surface area contributed by atoms with Gasteiger partial charge in [-0.1, -0.05) is 0 Å². The predicted molar refractivity (Wildman–Crippen MR) is 226 cm³/mol. The molecule has 0 unspecified atom stereocenters. The first-order valence-electron chi connectivity index (χ1n) is 19.0. The number of nitrogen functional groups attached to an aromatic ring is 2. The molecule has 2 amide bonds. The number of nitrogens with two attached hydrogens (primary N) is 2. The SMILES string of the molecule is Nc1nc2c(c(=O)[nH]1)N=C(CNc1ccc(C(=O)N[C@@H](CCC(=O)[O-])C(=O)O)cc1)CN2.Nc1nc2c(c(=O)[nH]1)N=C(CNc1ccc(C(=O)N[C@@H](CCC(=O)[O-])C(=O)O)cc1)CN2.[Na+].[Na+]. The van der Waals surface area contributed by atoms with Crippen LogP contribution in [0, 0.1) is 0 Å². The van der Waals surface area contributed by atoms with Crippen molar-refractivity contribution in [3.63, 3.8) is 0 Å². The number of benzene rings is 2. The summed E-state index contributed by atoms with van der Waals surface area (Å²) in [6, 6.07) is 9.74. The van der Waals surface area contributed by atoms with E-state index in [-0.39, 0.29) is 106 Å². The second-order valence-corrected chi connectivity index (χ2v) is 13.8. The fraction of sp³-hybridized carbons (Fsp3) is 0.263. The Balaban J connectivity index is 0.000000340. The molecule has 336 valence electrons. The fourth-order valence-electron chi connectivity index (χ4n) is 5.80. The zero-order valence-electron chi connectivity index (χ0n) is 35.4. The summed E-state index contributed by atoms with van der Waals surface area (Å²) >= 11 is 0. The smallest absolute Gasteiger partial charge is 0.550 e. The van der Waals surface area contributed by atoms with Crippen LogP contribution in [0.2, 0.25) is 0 Å². The van der Waals surface area contributed by atoms with Crippen LogP contribution < -0.4 is 124 Å². The van der Waals surface area contributed by atoms with E-state index >= 15 is 0 Å². The maximum atomic E-state index is 12.3. The molecule has 28 heteroatoms. The molecule has 66 heavy (non-hydrogen) atoms. The number of aromatic nitrogens is 4. The number of hydrogen-bond donors (Lipinski definition) is 12. The third-order valence-electron chi connectivity index (χ3n) is 9.05. The Morgan fingerprint density at radius 1 is 0.621 bits per heavy atom. The number of rotatable bonds is 18. The zero-order chi connectivity index (χ0) is 46.5. The molecule has 0 saturated carbocycles. The average molecular weight is 931 g/mol. The van der Waals surface area contributed by atoms with Crippen LogP contribution in [-0.2, 0) is 19.2 Å². The molecule has 6 rings (SSSR count). The minimum atomic E-state index is -1.40. The molecule has 4 aromatic rings. The first-order valence-corrected chi connectivity index (χ1v) is 19.0. The van der Waals surface area contributed by atoms with E-state index < -0.39 is 71.7 Å². The molecule has 0 saturated heterocycles. The second kappa shape index (κ2) is 25.0. The molecule has 0 bridgehead atoms. The van der Waals surface area contributed by atoms with Crippen molar-refractivity contribution in [3.05, 3.63) is 80.4 Å². The van der Waals surface area contributed by atoms with Crippen LogP contribution in [-0.4, -0.2) is 116 Å². The molecule has 14 N–H and O–H groups in total. The van der Waals surface area contributed by atoms with Crippen LogP contribution in [0.15, 0.2) is 68.1 Å². The minimum Gasteiger partial charge on any atom is -0.550 e. The fourth-order valence-corrected chi connectivity index (χ4v) is 5.80. The summed E-state index contributed by atoms with van der Waals surface area (Å²) < 4.78 is 0.